The van der Waals surface area contributed by atoms with Crippen LogP contribution in [0.3, 0.4) is 0 Å². The highest BCUT2D eigenvalue weighted by molar-refractivity contribution is 9.10. The molecular weight excluding hydrogens is 347 g/mol. The van der Waals surface area contributed by atoms with Crippen LogP contribution in [0.4, 0.5) is 15.9 Å². The van der Waals surface area contributed by atoms with Crippen LogP contribution in [0.5, 0.6) is 5.75 Å². The van der Waals surface area contributed by atoms with Crippen LogP contribution in [0.15, 0.2) is 22.8 Å². The van der Waals surface area contributed by atoms with E-state index in [0.29, 0.717) is 16.4 Å². The molecule has 0 fully saturated rings. The number of aryl methyl sites for hydroxylation is 1. The predicted octanol–water partition coefficient (Wildman–Crippen LogP) is 5.01. The molecule has 6 heteroatoms. The van der Waals surface area contributed by atoms with E-state index in [4.69, 9.17) is 16.3 Å². The Bertz CT molecular complexity index is 664. The number of benzene rings is 1. The molecule has 0 atom stereocenters. The minimum absolute atomic E-state index is 0.225. The predicted molar refractivity (Wildman–Crippen MR) is 82.7 cm³/mol. The number of pyridine rings is 1. The Morgan fingerprint density at radius 2 is 2.05 bits per heavy atom. The average Bonchev–Trinajstić information content (AvgIpc) is 2.37. The molecule has 0 amide bonds. The van der Waals surface area contributed by atoms with E-state index in [0.717, 1.165) is 15.7 Å². The third-order valence-corrected chi connectivity index (χ3v) is 3.74. The smallest absolute Gasteiger partial charge is 0.165 e. The molecule has 1 heterocycles. The minimum atomic E-state index is -0.379. The molecule has 106 valence electrons. The molecule has 20 heavy (non-hydrogen) atoms. The maximum absolute atomic E-state index is 13.8. The van der Waals surface area contributed by atoms with E-state index in [1.807, 2.05) is 6.92 Å². The normalized spacial score (nSPS) is 10.5. The quantitative estimate of drug-likeness (QED) is 0.837. The Morgan fingerprint density at radius 1 is 1.35 bits per heavy atom. The van der Waals surface area contributed by atoms with Gasteiger partial charge in [0, 0.05) is 17.4 Å². The number of methoxy groups -OCH3 is 1. The van der Waals surface area contributed by atoms with Crippen LogP contribution in [0, 0.1) is 19.7 Å². The number of hydrogen-bond donors (Lipinski definition) is 1. The van der Waals surface area contributed by atoms with Gasteiger partial charge in [-0.05, 0) is 47.5 Å². The molecule has 0 bridgehead atoms. The van der Waals surface area contributed by atoms with E-state index in [-0.39, 0.29) is 11.6 Å². The molecule has 0 unspecified atom stereocenters. The highest BCUT2D eigenvalue weighted by atomic mass is 79.9. The Labute approximate surface area is 130 Å². The summed E-state index contributed by atoms with van der Waals surface area (Å²) in [5.41, 5.74) is 2.22. The summed E-state index contributed by atoms with van der Waals surface area (Å²) in [5, 5.41) is 3.71. The van der Waals surface area contributed by atoms with Gasteiger partial charge in [-0.2, -0.15) is 0 Å². The van der Waals surface area contributed by atoms with Crippen molar-refractivity contribution >= 4 is 39.0 Å². The van der Waals surface area contributed by atoms with Crippen molar-refractivity contribution in [1.82, 2.24) is 4.98 Å². The topological polar surface area (TPSA) is 34.1 Å². The molecule has 2 aromatic rings. The molecular formula is C14H13BrClFN2O. The lowest BCUT2D eigenvalue weighted by atomic mass is 10.1. The second kappa shape index (κ2) is 5.97. The van der Waals surface area contributed by atoms with E-state index >= 15 is 0 Å². The number of ether oxygens (including phenoxy) is 1. The molecule has 0 spiro atoms. The standard InChI is InChI=1S/C14H13BrClFN2O/c1-7-4-11(17)13(20-3)8(2)12(7)19-14-10(15)5-9(16)6-18-14/h4-6H,1-3H3,(H,18,19). The second-order valence-corrected chi connectivity index (χ2v) is 5.61. The fourth-order valence-corrected chi connectivity index (χ4v) is 2.72. The first-order valence-electron chi connectivity index (χ1n) is 5.85. The summed E-state index contributed by atoms with van der Waals surface area (Å²) >= 11 is 9.25. The van der Waals surface area contributed by atoms with Gasteiger partial charge in [0.2, 0.25) is 0 Å². The van der Waals surface area contributed by atoms with Crippen LogP contribution in [-0.4, -0.2) is 12.1 Å². The molecule has 1 aromatic heterocycles. The molecule has 0 aliphatic carbocycles. The third kappa shape index (κ3) is 2.88. The highest BCUT2D eigenvalue weighted by Crippen LogP contribution is 2.35. The van der Waals surface area contributed by atoms with Gasteiger partial charge >= 0.3 is 0 Å². The fourth-order valence-electron chi connectivity index (χ4n) is 1.98. The largest absolute Gasteiger partial charge is 0.493 e. The number of anilines is 2. The van der Waals surface area contributed by atoms with Gasteiger partial charge in [0.25, 0.3) is 0 Å². The summed E-state index contributed by atoms with van der Waals surface area (Å²) in [6.07, 6.45) is 1.54. The Morgan fingerprint density at radius 3 is 2.65 bits per heavy atom. The van der Waals surface area contributed by atoms with Gasteiger partial charge in [-0.1, -0.05) is 11.6 Å². The lowest BCUT2D eigenvalue weighted by molar-refractivity contribution is 0.383. The van der Waals surface area contributed by atoms with E-state index in [2.05, 4.69) is 26.2 Å². The Hall–Kier alpha value is -1.33. The average molecular weight is 360 g/mol. The number of rotatable bonds is 3. The fraction of sp³-hybridized carbons (Fsp3) is 0.214. The lowest BCUT2D eigenvalue weighted by Crippen LogP contribution is -2.02. The van der Waals surface area contributed by atoms with Crippen LogP contribution in [0.2, 0.25) is 5.02 Å². The van der Waals surface area contributed by atoms with Gasteiger partial charge < -0.3 is 10.1 Å². The van der Waals surface area contributed by atoms with Gasteiger partial charge in [-0.25, -0.2) is 9.37 Å². The van der Waals surface area contributed by atoms with Crippen molar-refractivity contribution in [2.45, 2.75) is 13.8 Å². The summed E-state index contributed by atoms with van der Waals surface area (Å²) in [6.45, 7) is 3.61. The summed E-state index contributed by atoms with van der Waals surface area (Å²) < 4.78 is 19.6. The van der Waals surface area contributed by atoms with Crippen LogP contribution < -0.4 is 10.1 Å². The molecule has 0 aliphatic heterocycles. The van der Waals surface area contributed by atoms with Gasteiger partial charge in [0.15, 0.2) is 11.6 Å². The van der Waals surface area contributed by atoms with Gasteiger partial charge in [-0.3, -0.25) is 0 Å². The monoisotopic (exact) mass is 358 g/mol. The first kappa shape index (κ1) is 15.1. The number of nitrogens with zero attached hydrogens (tertiary/aromatic N) is 1. The maximum Gasteiger partial charge on any atom is 0.165 e. The summed E-state index contributed by atoms with van der Waals surface area (Å²) in [6, 6.07) is 3.17. The first-order valence-corrected chi connectivity index (χ1v) is 7.03. The molecule has 0 saturated carbocycles. The van der Waals surface area contributed by atoms with Crippen LogP contribution >= 0.6 is 27.5 Å². The highest BCUT2D eigenvalue weighted by Gasteiger charge is 2.15. The van der Waals surface area contributed by atoms with Crippen molar-refractivity contribution < 1.29 is 9.13 Å². The molecule has 1 aromatic carbocycles. The van der Waals surface area contributed by atoms with Crippen molar-refractivity contribution in [3.05, 3.63) is 44.8 Å². The van der Waals surface area contributed by atoms with E-state index < -0.39 is 0 Å². The van der Waals surface area contributed by atoms with Crippen molar-refractivity contribution in [3.63, 3.8) is 0 Å². The second-order valence-electron chi connectivity index (χ2n) is 4.32. The number of hydrogen-bond acceptors (Lipinski definition) is 3. The summed E-state index contributed by atoms with van der Waals surface area (Å²) in [7, 11) is 1.45. The number of nitrogens with one attached hydrogen (secondary N) is 1. The van der Waals surface area contributed by atoms with Gasteiger partial charge in [0.05, 0.1) is 16.6 Å². The van der Waals surface area contributed by atoms with Gasteiger partial charge in [-0.15, -0.1) is 0 Å². The lowest BCUT2D eigenvalue weighted by Gasteiger charge is -2.16. The molecule has 0 saturated heterocycles. The van der Waals surface area contributed by atoms with E-state index in [1.54, 1.807) is 19.2 Å². The van der Waals surface area contributed by atoms with Gasteiger partial charge in [0.1, 0.15) is 5.82 Å². The molecule has 3 nitrogen and oxygen atoms in total. The van der Waals surface area contributed by atoms with E-state index in [1.165, 1.54) is 13.2 Å². The van der Waals surface area contributed by atoms with Crippen molar-refractivity contribution in [1.29, 1.82) is 0 Å². The summed E-state index contributed by atoms with van der Waals surface area (Å²) in [4.78, 5) is 4.21. The SMILES string of the molecule is COc1c(F)cc(C)c(Nc2ncc(Cl)cc2Br)c1C. The maximum atomic E-state index is 13.8. The minimum Gasteiger partial charge on any atom is -0.493 e. The molecule has 0 radical (unpaired) electrons. The Balaban J connectivity index is 2.48. The molecule has 2 rings (SSSR count). The van der Waals surface area contributed by atoms with Crippen LogP contribution in [-0.2, 0) is 0 Å². The number of aromatic nitrogens is 1. The zero-order valence-corrected chi connectivity index (χ0v) is 13.6. The zero-order chi connectivity index (χ0) is 14.9. The van der Waals surface area contributed by atoms with Crippen molar-refractivity contribution in [3.8, 4) is 5.75 Å². The van der Waals surface area contributed by atoms with E-state index in [9.17, 15) is 4.39 Å². The molecule has 0 aliphatic rings. The third-order valence-electron chi connectivity index (χ3n) is 2.93. The van der Waals surface area contributed by atoms with Crippen molar-refractivity contribution in [2.24, 2.45) is 0 Å². The van der Waals surface area contributed by atoms with Crippen LogP contribution in [0.25, 0.3) is 0 Å². The summed E-state index contributed by atoms with van der Waals surface area (Å²) in [5.74, 6) is 0.452. The Kier molecular flexibility index (Phi) is 4.50. The van der Waals surface area contributed by atoms with Crippen molar-refractivity contribution in [2.75, 3.05) is 12.4 Å². The zero-order valence-electron chi connectivity index (χ0n) is 11.2. The number of halogens is 3. The first-order chi connectivity index (χ1) is 9.43. The van der Waals surface area contributed by atoms with Crippen LogP contribution in [0.1, 0.15) is 11.1 Å². The molecule has 1 N–H and O–H groups in total.